The van der Waals surface area contributed by atoms with Gasteiger partial charge in [-0.05, 0) is 12.8 Å². The summed E-state index contributed by atoms with van der Waals surface area (Å²) in [6, 6.07) is 4.00. The third kappa shape index (κ3) is 2.40. The Kier molecular flexibility index (Phi) is 4.00. The predicted molar refractivity (Wildman–Crippen MR) is 67.9 cm³/mol. The molecule has 0 saturated carbocycles. The molecule has 5 nitrogen and oxygen atoms in total. The number of aromatic nitrogens is 2. The zero-order valence-electron chi connectivity index (χ0n) is 9.90. The fourth-order valence-electron chi connectivity index (χ4n) is 2.20. The zero-order valence-corrected chi connectivity index (χ0v) is 11.5. The first-order valence-corrected chi connectivity index (χ1v) is 6.86. The van der Waals surface area contributed by atoms with Gasteiger partial charge in [0.15, 0.2) is 11.4 Å². The Hall–Kier alpha value is -1.37. The molecule has 6 heteroatoms. The number of imidazole rings is 1. The van der Waals surface area contributed by atoms with E-state index in [1.165, 1.54) is 0 Å². The normalized spacial score (nSPS) is 17.9. The Morgan fingerprint density at radius 2 is 2.11 bits per heavy atom. The van der Waals surface area contributed by atoms with Gasteiger partial charge in [0.1, 0.15) is 12.1 Å². The third-order valence-corrected chi connectivity index (χ3v) is 4.58. The van der Waals surface area contributed by atoms with Crippen molar-refractivity contribution in [3.8, 4) is 12.1 Å². The SMILES string of the molecule is N#Cc1ncn(CC2(CBr)CCOCC2)c1C#N. The van der Waals surface area contributed by atoms with E-state index in [1.54, 1.807) is 10.9 Å². The number of alkyl halides is 1. The molecule has 2 rings (SSSR count). The molecule has 2 heterocycles. The number of halogens is 1. The topological polar surface area (TPSA) is 74.6 Å². The molecule has 0 radical (unpaired) electrons. The molecule has 0 spiro atoms. The lowest BCUT2D eigenvalue weighted by molar-refractivity contribution is 0.0185. The van der Waals surface area contributed by atoms with E-state index in [1.807, 2.05) is 6.07 Å². The fraction of sp³-hybridized carbons (Fsp3) is 0.583. The number of nitrogens with zero attached hydrogens (tertiary/aromatic N) is 4. The van der Waals surface area contributed by atoms with Crippen molar-refractivity contribution in [2.24, 2.45) is 5.41 Å². The van der Waals surface area contributed by atoms with Crippen molar-refractivity contribution in [2.75, 3.05) is 18.5 Å². The van der Waals surface area contributed by atoms with Gasteiger partial charge in [-0.2, -0.15) is 10.5 Å². The van der Waals surface area contributed by atoms with Gasteiger partial charge in [0.2, 0.25) is 0 Å². The maximum atomic E-state index is 9.11. The second kappa shape index (κ2) is 5.51. The van der Waals surface area contributed by atoms with E-state index in [2.05, 4.69) is 27.0 Å². The van der Waals surface area contributed by atoms with E-state index < -0.39 is 0 Å². The minimum Gasteiger partial charge on any atom is -0.381 e. The molecule has 0 aliphatic carbocycles. The van der Waals surface area contributed by atoms with Gasteiger partial charge in [-0.1, -0.05) is 15.9 Å². The number of rotatable bonds is 3. The average Bonchev–Trinajstić information content (AvgIpc) is 2.81. The van der Waals surface area contributed by atoms with Gasteiger partial charge in [-0.25, -0.2) is 4.98 Å². The average molecular weight is 309 g/mol. The maximum absolute atomic E-state index is 9.11. The molecule has 0 unspecified atom stereocenters. The van der Waals surface area contributed by atoms with Gasteiger partial charge >= 0.3 is 0 Å². The molecule has 0 amide bonds. The van der Waals surface area contributed by atoms with Gasteiger partial charge in [0.25, 0.3) is 0 Å². The summed E-state index contributed by atoms with van der Waals surface area (Å²) in [6.45, 7) is 2.18. The van der Waals surface area contributed by atoms with Crippen LogP contribution in [0.2, 0.25) is 0 Å². The molecule has 0 bridgehead atoms. The summed E-state index contributed by atoms with van der Waals surface area (Å²) in [6.07, 6.45) is 3.48. The summed E-state index contributed by atoms with van der Waals surface area (Å²) >= 11 is 3.56. The summed E-state index contributed by atoms with van der Waals surface area (Å²) in [4.78, 5) is 3.97. The highest BCUT2D eigenvalue weighted by Crippen LogP contribution is 2.34. The van der Waals surface area contributed by atoms with Crippen LogP contribution in [-0.4, -0.2) is 28.1 Å². The second-order valence-corrected chi connectivity index (χ2v) is 5.10. The third-order valence-electron chi connectivity index (χ3n) is 3.39. The van der Waals surface area contributed by atoms with Crippen molar-refractivity contribution in [1.29, 1.82) is 10.5 Å². The van der Waals surface area contributed by atoms with E-state index >= 15 is 0 Å². The van der Waals surface area contributed by atoms with Gasteiger partial charge in [0.05, 0.1) is 6.33 Å². The van der Waals surface area contributed by atoms with Crippen molar-refractivity contribution in [2.45, 2.75) is 19.4 Å². The monoisotopic (exact) mass is 308 g/mol. The molecule has 0 N–H and O–H groups in total. The number of hydrogen-bond donors (Lipinski definition) is 0. The molecule has 1 aliphatic rings. The molecule has 1 aliphatic heterocycles. The first-order chi connectivity index (χ1) is 8.74. The summed E-state index contributed by atoms with van der Waals surface area (Å²) < 4.78 is 7.17. The Morgan fingerprint density at radius 3 is 2.67 bits per heavy atom. The van der Waals surface area contributed by atoms with Gasteiger partial charge in [-0.3, -0.25) is 0 Å². The molecular formula is C12H13BrN4O. The van der Waals surface area contributed by atoms with Crippen LogP contribution in [0, 0.1) is 28.1 Å². The minimum atomic E-state index is 0.0806. The standard InChI is InChI=1S/C12H13BrN4O/c13-7-12(1-3-18-4-2-12)8-17-9-16-10(5-14)11(17)6-15/h9H,1-4,7-8H2. The van der Waals surface area contributed by atoms with Gasteiger partial charge in [0, 0.05) is 30.5 Å². The first-order valence-electron chi connectivity index (χ1n) is 5.74. The molecule has 1 aromatic heterocycles. The first kappa shape index (κ1) is 13.1. The summed E-state index contributed by atoms with van der Waals surface area (Å²) in [5.74, 6) is 0. The van der Waals surface area contributed by atoms with E-state index in [4.69, 9.17) is 15.3 Å². The molecule has 1 aromatic rings. The van der Waals surface area contributed by atoms with Crippen molar-refractivity contribution in [3.63, 3.8) is 0 Å². The Morgan fingerprint density at radius 1 is 1.39 bits per heavy atom. The lowest BCUT2D eigenvalue weighted by Gasteiger charge is -2.36. The van der Waals surface area contributed by atoms with Crippen LogP contribution in [0.25, 0.3) is 0 Å². The molecule has 18 heavy (non-hydrogen) atoms. The maximum Gasteiger partial charge on any atom is 0.176 e. The van der Waals surface area contributed by atoms with E-state index in [0.29, 0.717) is 12.2 Å². The summed E-state index contributed by atoms with van der Waals surface area (Å²) in [7, 11) is 0. The smallest absolute Gasteiger partial charge is 0.176 e. The van der Waals surface area contributed by atoms with Crippen molar-refractivity contribution < 1.29 is 4.74 Å². The number of ether oxygens (including phenoxy) is 1. The van der Waals surface area contributed by atoms with E-state index in [9.17, 15) is 0 Å². The second-order valence-electron chi connectivity index (χ2n) is 4.54. The highest BCUT2D eigenvalue weighted by atomic mass is 79.9. The van der Waals surface area contributed by atoms with Crippen LogP contribution < -0.4 is 0 Å². The molecule has 1 fully saturated rings. The van der Waals surface area contributed by atoms with Crippen LogP contribution in [0.3, 0.4) is 0 Å². The largest absolute Gasteiger partial charge is 0.381 e. The fourth-order valence-corrected chi connectivity index (χ4v) is 2.94. The summed E-state index contributed by atoms with van der Waals surface area (Å²) in [5, 5.41) is 18.8. The van der Waals surface area contributed by atoms with Crippen LogP contribution in [-0.2, 0) is 11.3 Å². The van der Waals surface area contributed by atoms with Crippen molar-refractivity contribution in [1.82, 2.24) is 9.55 Å². The van der Waals surface area contributed by atoms with Crippen molar-refractivity contribution in [3.05, 3.63) is 17.7 Å². The van der Waals surface area contributed by atoms with E-state index in [-0.39, 0.29) is 11.1 Å². The summed E-state index contributed by atoms with van der Waals surface area (Å²) in [5.41, 5.74) is 0.635. The highest BCUT2D eigenvalue weighted by Gasteiger charge is 2.33. The molecule has 0 aromatic carbocycles. The van der Waals surface area contributed by atoms with Gasteiger partial charge < -0.3 is 9.30 Å². The van der Waals surface area contributed by atoms with Crippen molar-refractivity contribution >= 4 is 15.9 Å². The van der Waals surface area contributed by atoms with Gasteiger partial charge in [-0.15, -0.1) is 0 Å². The Labute approximate surface area is 114 Å². The number of hydrogen-bond acceptors (Lipinski definition) is 4. The van der Waals surface area contributed by atoms with Crippen LogP contribution in [0.4, 0.5) is 0 Å². The van der Waals surface area contributed by atoms with E-state index in [0.717, 1.165) is 31.4 Å². The predicted octanol–water partition coefficient (Wildman–Crippen LogP) is 1.82. The minimum absolute atomic E-state index is 0.0806. The zero-order chi connectivity index (χ0) is 13.0. The quantitative estimate of drug-likeness (QED) is 0.798. The Bertz CT molecular complexity index is 505. The molecular weight excluding hydrogens is 296 g/mol. The van der Waals surface area contributed by atoms with Crippen LogP contribution in [0.5, 0.6) is 0 Å². The number of nitriles is 2. The molecule has 94 valence electrons. The lowest BCUT2D eigenvalue weighted by atomic mass is 9.82. The van der Waals surface area contributed by atoms with Crippen LogP contribution in [0.1, 0.15) is 24.2 Å². The Balaban J connectivity index is 2.25. The molecule has 1 saturated heterocycles. The molecule has 0 atom stereocenters. The lowest BCUT2D eigenvalue weighted by Crippen LogP contribution is -2.35. The van der Waals surface area contributed by atoms with Crippen LogP contribution in [0.15, 0.2) is 6.33 Å². The highest BCUT2D eigenvalue weighted by molar-refractivity contribution is 9.09. The van der Waals surface area contributed by atoms with Crippen LogP contribution >= 0.6 is 15.9 Å².